The fourth-order valence-electron chi connectivity index (χ4n) is 4.39. The first kappa shape index (κ1) is 25.3. The molecule has 1 aromatic heterocycles. The van der Waals surface area contributed by atoms with Gasteiger partial charge in [0.05, 0.1) is 30.3 Å². The number of para-hydroxylation sites is 3. The van der Waals surface area contributed by atoms with E-state index in [0.29, 0.717) is 24.5 Å². The highest BCUT2D eigenvalue weighted by Gasteiger charge is 2.12. The zero-order valence-corrected chi connectivity index (χ0v) is 21.4. The SMILES string of the molecule is COc1ccccc1C(=O)NCCCCCc1nc2ccccc2n1CCOc1cc(C)ccc1C. The summed E-state index contributed by atoms with van der Waals surface area (Å²) in [6.45, 7) is 6.13. The Labute approximate surface area is 213 Å². The van der Waals surface area contributed by atoms with Crippen molar-refractivity contribution in [3.8, 4) is 11.5 Å². The molecule has 0 saturated carbocycles. The summed E-state index contributed by atoms with van der Waals surface area (Å²) in [5.41, 5.74) is 5.07. The summed E-state index contributed by atoms with van der Waals surface area (Å²) in [5, 5.41) is 3.00. The van der Waals surface area contributed by atoms with Crippen molar-refractivity contribution in [2.24, 2.45) is 0 Å². The number of nitrogens with one attached hydrogen (secondary N) is 1. The van der Waals surface area contributed by atoms with Crippen molar-refractivity contribution in [1.29, 1.82) is 0 Å². The molecule has 1 heterocycles. The number of rotatable bonds is 12. The van der Waals surface area contributed by atoms with E-state index in [4.69, 9.17) is 14.5 Å². The molecular weight excluding hydrogens is 450 g/mol. The van der Waals surface area contributed by atoms with Gasteiger partial charge in [-0.05, 0) is 68.1 Å². The number of ether oxygens (including phenoxy) is 2. The monoisotopic (exact) mass is 485 g/mol. The van der Waals surface area contributed by atoms with Gasteiger partial charge < -0.3 is 19.4 Å². The predicted molar refractivity (Wildman–Crippen MR) is 144 cm³/mol. The van der Waals surface area contributed by atoms with Crippen LogP contribution in [0.4, 0.5) is 0 Å². The van der Waals surface area contributed by atoms with Gasteiger partial charge in [0, 0.05) is 13.0 Å². The number of aryl methyl sites for hydroxylation is 3. The van der Waals surface area contributed by atoms with Crippen molar-refractivity contribution in [2.45, 2.75) is 46.1 Å². The Kier molecular flexibility index (Phi) is 8.61. The predicted octanol–water partition coefficient (Wildman–Crippen LogP) is 5.88. The number of carbonyl (C=O) groups is 1. The van der Waals surface area contributed by atoms with Crippen molar-refractivity contribution in [3.05, 3.63) is 89.2 Å². The number of amides is 1. The van der Waals surface area contributed by atoms with Crippen molar-refractivity contribution in [3.63, 3.8) is 0 Å². The smallest absolute Gasteiger partial charge is 0.255 e. The molecule has 1 amide bonds. The number of aromatic nitrogens is 2. The normalized spacial score (nSPS) is 11.0. The van der Waals surface area contributed by atoms with Crippen LogP contribution in [0, 0.1) is 13.8 Å². The van der Waals surface area contributed by atoms with Gasteiger partial charge >= 0.3 is 0 Å². The molecule has 1 N–H and O–H groups in total. The van der Waals surface area contributed by atoms with Crippen LogP contribution in [0.25, 0.3) is 11.0 Å². The summed E-state index contributed by atoms with van der Waals surface area (Å²) in [6, 6.07) is 21.8. The van der Waals surface area contributed by atoms with E-state index in [-0.39, 0.29) is 5.91 Å². The molecule has 0 saturated heterocycles. The number of hydrogen-bond acceptors (Lipinski definition) is 4. The van der Waals surface area contributed by atoms with E-state index in [2.05, 4.69) is 60.1 Å². The lowest BCUT2D eigenvalue weighted by molar-refractivity contribution is 0.0950. The Balaban J connectivity index is 1.29. The van der Waals surface area contributed by atoms with E-state index in [1.165, 1.54) is 5.56 Å². The van der Waals surface area contributed by atoms with Gasteiger partial charge in [0.2, 0.25) is 0 Å². The molecule has 0 aliphatic rings. The van der Waals surface area contributed by atoms with E-state index in [1.54, 1.807) is 19.2 Å². The van der Waals surface area contributed by atoms with Gasteiger partial charge in [0.25, 0.3) is 5.91 Å². The van der Waals surface area contributed by atoms with Gasteiger partial charge in [-0.3, -0.25) is 4.79 Å². The first-order valence-electron chi connectivity index (χ1n) is 12.6. The number of unbranched alkanes of at least 4 members (excludes halogenated alkanes) is 2. The van der Waals surface area contributed by atoms with Crippen molar-refractivity contribution in [1.82, 2.24) is 14.9 Å². The third-order valence-electron chi connectivity index (χ3n) is 6.36. The first-order chi connectivity index (χ1) is 17.6. The van der Waals surface area contributed by atoms with Crippen LogP contribution < -0.4 is 14.8 Å². The Hall–Kier alpha value is -3.80. The van der Waals surface area contributed by atoms with Gasteiger partial charge in [-0.25, -0.2) is 4.98 Å². The Morgan fingerprint density at radius 3 is 2.61 bits per heavy atom. The first-order valence-corrected chi connectivity index (χ1v) is 12.6. The maximum Gasteiger partial charge on any atom is 0.255 e. The van der Waals surface area contributed by atoms with Gasteiger partial charge in [-0.2, -0.15) is 0 Å². The van der Waals surface area contributed by atoms with E-state index < -0.39 is 0 Å². The van der Waals surface area contributed by atoms with Gasteiger partial charge in [0.15, 0.2) is 0 Å². The lowest BCUT2D eigenvalue weighted by atomic mass is 10.1. The molecule has 0 bridgehead atoms. The van der Waals surface area contributed by atoms with E-state index >= 15 is 0 Å². The maximum atomic E-state index is 12.4. The van der Waals surface area contributed by atoms with Crippen LogP contribution in [0.15, 0.2) is 66.7 Å². The molecular formula is C30H35N3O3. The second kappa shape index (κ2) is 12.2. The molecule has 0 spiro atoms. The molecule has 3 aromatic carbocycles. The van der Waals surface area contributed by atoms with Gasteiger partial charge in [0.1, 0.15) is 23.9 Å². The van der Waals surface area contributed by atoms with E-state index in [9.17, 15) is 4.79 Å². The molecule has 0 unspecified atom stereocenters. The molecule has 188 valence electrons. The van der Waals surface area contributed by atoms with Crippen LogP contribution in [0.3, 0.4) is 0 Å². The standard InChI is InChI=1S/C30H35N3O3/c1-22-16-17-23(2)28(21-22)36-20-19-33-26-13-8-7-12-25(26)32-29(33)15-5-4-10-18-31-30(34)24-11-6-9-14-27(24)35-3/h6-9,11-14,16-17,21H,4-5,10,15,18-20H2,1-3H3,(H,31,34). The summed E-state index contributed by atoms with van der Waals surface area (Å²) in [4.78, 5) is 17.3. The minimum atomic E-state index is -0.0990. The molecule has 4 rings (SSSR count). The summed E-state index contributed by atoms with van der Waals surface area (Å²) in [5.74, 6) is 2.52. The summed E-state index contributed by atoms with van der Waals surface area (Å²) in [6.07, 6.45) is 3.82. The van der Waals surface area contributed by atoms with Gasteiger partial charge in [-0.15, -0.1) is 0 Å². The Morgan fingerprint density at radius 2 is 1.75 bits per heavy atom. The van der Waals surface area contributed by atoms with Gasteiger partial charge in [-0.1, -0.05) is 42.8 Å². The zero-order chi connectivity index (χ0) is 25.3. The number of benzene rings is 3. The molecule has 0 aliphatic heterocycles. The van der Waals surface area contributed by atoms with Crippen molar-refractivity contribution >= 4 is 16.9 Å². The maximum absolute atomic E-state index is 12.4. The molecule has 6 nitrogen and oxygen atoms in total. The molecule has 4 aromatic rings. The highest BCUT2D eigenvalue weighted by atomic mass is 16.5. The summed E-state index contributed by atoms with van der Waals surface area (Å²) >= 11 is 0. The Morgan fingerprint density at radius 1 is 0.944 bits per heavy atom. The number of imidazole rings is 1. The molecule has 0 radical (unpaired) electrons. The Bertz CT molecular complexity index is 1310. The minimum Gasteiger partial charge on any atom is -0.496 e. The average Bonchev–Trinajstić information content (AvgIpc) is 3.25. The molecule has 0 fully saturated rings. The van der Waals surface area contributed by atoms with Crippen LogP contribution in [0.1, 0.15) is 46.6 Å². The number of methoxy groups -OCH3 is 1. The van der Waals surface area contributed by atoms with Crippen LogP contribution in [0.2, 0.25) is 0 Å². The lowest BCUT2D eigenvalue weighted by Gasteiger charge is -2.13. The quantitative estimate of drug-likeness (QED) is 0.254. The lowest BCUT2D eigenvalue weighted by Crippen LogP contribution is -2.24. The topological polar surface area (TPSA) is 65.4 Å². The summed E-state index contributed by atoms with van der Waals surface area (Å²) < 4.78 is 13.7. The number of carbonyl (C=O) groups excluding carboxylic acids is 1. The summed E-state index contributed by atoms with van der Waals surface area (Å²) in [7, 11) is 1.58. The van der Waals surface area contributed by atoms with E-state index in [1.807, 2.05) is 18.2 Å². The number of fused-ring (bicyclic) bond motifs is 1. The molecule has 0 aliphatic carbocycles. The second-order valence-corrected chi connectivity index (χ2v) is 9.05. The largest absolute Gasteiger partial charge is 0.496 e. The van der Waals surface area contributed by atoms with Crippen LogP contribution in [-0.4, -0.2) is 35.7 Å². The number of hydrogen-bond donors (Lipinski definition) is 1. The van der Waals surface area contributed by atoms with Crippen LogP contribution in [0.5, 0.6) is 11.5 Å². The van der Waals surface area contributed by atoms with Crippen molar-refractivity contribution in [2.75, 3.05) is 20.3 Å². The minimum absolute atomic E-state index is 0.0990. The molecule has 0 atom stereocenters. The fourth-order valence-corrected chi connectivity index (χ4v) is 4.39. The number of nitrogens with zero attached hydrogens (tertiary/aromatic N) is 2. The van der Waals surface area contributed by atoms with E-state index in [0.717, 1.165) is 60.4 Å². The molecule has 36 heavy (non-hydrogen) atoms. The van der Waals surface area contributed by atoms with Crippen molar-refractivity contribution < 1.29 is 14.3 Å². The average molecular weight is 486 g/mol. The third kappa shape index (κ3) is 6.25. The fraction of sp³-hybridized carbons (Fsp3) is 0.333. The second-order valence-electron chi connectivity index (χ2n) is 9.05. The van der Waals surface area contributed by atoms with Crippen LogP contribution >= 0.6 is 0 Å². The third-order valence-corrected chi connectivity index (χ3v) is 6.36. The zero-order valence-electron chi connectivity index (χ0n) is 21.4. The highest BCUT2D eigenvalue weighted by molar-refractivity contribution is 5.96. The van der Waals surface area contributed by atoms with Crippen LogP contribution in [-0.2, 0) is 13.0 Å². The highest BCUT2D eigenvalue weighted by Crippen LogP contribution is 2.21. The molecule has 6 heteroatoms.